The summed E-state index contributed by atoms with van der Waals surface area (Å²) in [6.45, 7) is 0.781. The molecule has 28 heavy (non-hydrogen) atoms. The van der Waals surface area contributed by atoms with Gasteiger partial charge >= 0.3 is 0 Å². The van der Waals surface area contributed by atoms with Crippen LogP contribution in [0.15, 0.2) is 71.7 Å². The molecule has 1 atom stereocenters. The molecule has 0 saturated heterocycles. The number of sulfone groups is 1. The molecule has 144 valence electrons. The molecule has 0 aliphatic rings. The predicted molar refractivity (Wildman–Crippen MR) is 108 cm³/mol. The molecular formula is C21H20N2O4S. The SMILES string of the molecule is C[S+](=O)([O-])CCn1ncc2cc(OCc3cccc(-c4ccoc4)c3)ccc21. The van der Waals surface area contributed by atoms with Crippen LogP contribution in [0.4, 0.5) is 0 Å². The summed E-state index contributed by atoms with van der Waals surface area (Å²) in [4.78, 5) is 0. The Morgan fingerprint density at radius 3 is 2.86 bits per heavy atom. The van der Waals surface area contributed by atoms with Crippen LogP contribution in [0.3, 0.4) is 0 Å². The third-order valence-electron chi connectivity index (χ3n) is 4.47. The molecule has 2 aromatic heterocycles. The van der Waals surface area contributed by atoms with E-state index in [1.165, 1.54) is 6.26 Å². The van der Waals surface area contributed by atoms with Crippen molar-refractivity contribution in [3.8, 4) is 16.9 Å². The van der Waals surface area contributed by atoms with Gasteiger partial charge in [0.1, 0.15) is 18.1 Å². The smallest absolute Gasteiger partial charge is 0.128 e. The molecule has 7 heteroatoms. The normalized spacial score (nSPS) is 13.5. The van der Waals surface area contributed by atoms with Gasteiger partial charge in [-0.1, -0.05) is 18.2 Å². The number of furan rings is 1. The molecule has 0 radical (unpaired) electrons. The minimum absolute atomic E-state index is 0.0645. The topological polar surface area (TPSA) is 80.3 Å². The second-order valence-electron chi connectivity index (χ2n) is 6.72. The van der Waals surface area contributed by atoms with E-state index in [2.05, 4.69) is 11.2 Å². The van der Waals surface area contributed by atoms with Crippen LogP contribution in [0.2, 0.25) is 0 Å². The van der Waals surface area contributed by atoms with Crippen LogP contribution in [-0.4, -0.2) is 26.3 Å². The maximum absolute atomic E-state index is 11.4. The number of rotatable bonds is 7. The maximum atomic E-state index is 11.4. The summed E-state index contributed by atoms with van der Waals surface area (Å²) in [7, 11) is -3.03. The van der Waals surface area contributed by atoms with E-state index in [9.17, 15) is 8.76 Å². The first-order valence-electron chi connectivity index (χ1n) is 8.85. The van der Waals surface area contributed by atoms with Gasteiger partial charge in [0.05, 0.1) is 37.0 Å². The molecule has 2 heterocycles. The third-order valence-corrected chi connectivity index (χ3v) is 5.40. The van der Waals surface area contributed by atoms with Crippen LogP contribution in [-0.2, 0) is 27.6 Å². The average Bonchev–Trinajstić information content (AvgIpc) is 3.34. The van der Waals surface area contributed by atoms with Gasteiger partial charge in [-0.15, -0.1) is 4.21 Å². The second kappa shape index (κ2) is 7.61. The highest BCUT2D eigenvalue weighted by molar-refractivity contribution is 7.96. The third kappa shape index (κ3) is 4.32. The predicted octanol–water partition coefficient (Wildman–Crippen LogP) is 4.14. The van der Waals surface area contributed by atoms with Gasteiger partial charge in [0.2, 0.25) is 0 Å². The van der Waals surface area contributed by atoms with E-state index in [4.69, 9.17) is 9.15 Å². The summed E-state index contributed by atoms with van der Waals surface area (Å²) in [5, 5.41) is 5.20. The van der Waals surface area contributed by atoms with E-state index in [0.29, 0.717) is 13.2 Å². The Kier molecular flexibility index (Phi) is 5.02. The Balaban J connectivity index is 1.46. The minimum atomic E-state index is -3.03. The number of fused-ring (bicyclic) bond motifs is 1. The van der Waals surface area contributed by atoms with Gasteiger partial charge in [0, 0.05) is 21.2 Å². The molecule has 0 N–H and O–H groups in total. The lowest BCUT2D eigenvalue weighted by Gasteiger charge is -2.10. The molecule has 0 bridgehead atoms. The number of hydrogen-bond donors (Lipinski definition) is 0. The maximum Gasteiger partial charge on any atom is 0.128 e. The van der Waals surface area contributed by atoms with Crippen molar-refractivity contribution in [2.75, 3.05) is 12.0 Å². The fourth-order valence-electron chi connectivity index (χ4n) is 3.02. The van der Waals surface area contributed by atoms with Crippen molar-refractivity contribution in [1.82, 2.24) is 9.78 Å². The van der Waals surface area contributed by atoms with Gasteiger partial charge in [-0.3, -0.25) is 4.68 Å². The summed E-state index contributed by atoms with van der Waals surface area (Å²) in [5.74, 6) is 0.804. The molecule has 1 unspecified atom stereocenters. The van der Waals surface area contributed by atoms with Gasteiger partial charge in [-0.05, 0) is 41.5 Å². The Morgan fingerprint density at radius 2 is 2.07 bits per heavy atom. The van der Waals surface area contributed by atoms with Crippen molar-refractivity contribution in [3.05, 3.63) is 72.8 Å². The van der Waals surface area contributed by atoms with Crippen LogP contribution in [0, 0.1) is 0 Å². The molecule has 0 aliphatic carbocycles. The van der Waals surface area contributed by atoms with Gasteiger partial charge in [-0.2, -0.15) is 5.10 Å². The zero-order valence-corrected chi connectivity index (χ0v) is 16.2. The zero-order valence-electron chi connectivity index (χ0n) is 15.4. The standard InChI is InChI=1S/C21H20N2O4S/c1-28(24,25)10-8-23-21-6-5-20(12-19(21)13-22-23)27-14-16-3-2-4-17(11-16)18-7-9-26-15-18/h2-7,9,11-13,15H,8,10,14H2,1H3. The largest absolute Gasteiger partial charge is 0.615 e. The molecule has 4 aromatic rings. The number of aryl methyl sites for hydroxylation is 1. The summed E-state index contributed by atoms with van der Waals surface area (Å²) in [5.41, 5.74) is 4.06. The van der Waals surface area contributed by atoms with Crippen molar-refractivity contribution < 1.29 is 17.9 Å². The summed E-state index contributed by atoms with van der Waals surface area (Å²) in [6, 6.07) is 15.7. The van der Waals surface area contributed by atoms with E-state index in [0.717, 1.165) is 33.3 Å². The molecule has 0 aliphatic heterocycles. The van der Waals surface area contributed by atoms with Gasteiger partial charge in [0.25, 0.3) is 0 Å². The van der Waals surface area contributed by atoms with E-state index in [1.807, 2.05) is 42.5 Å². The molecule has 4 rings (SSSR count). The lowest BCUT2D eigenvalue weighted by Crippen LogP contribution is -2.17. The summed E-state index contributed by atoms with van der Waals surface area (Å²) >= 11 is 0. The first kappa shape index (κ1) is 18.5. The highest BCUT2D eigenvalue weighted by Crippen LogP contribution is 2.24. The monoisotopic (exact) mass is 396 g/mol. The second-order valence-corrected chi connectivity index (χ2v) is 8.98. The molecule has 0 amide bonds. The number of hydrogen-bond acceptors (Lipinski definition) is 5. The first-order valence-corrected chi connectivity index (χ1v) is 10.9. The molecule has 2 aromatic carbocycles. The molecule has 0 saturated carbocycles. The summed E-state index contributed by atoms with van der Waals surface area (Å²) < 4.78 is 35.5. The van der Waals surface area contributed by atoms with Crippen molar-refractivity contribution in [3.63, 3.8) is 0 Å². The van der Waals surface area contributed by atoms with Crippen LogP contribution < -0.4 is 4.74 Å². The van der Waals surface area contributed by atoms with Gasteiger partial charge < -0.3 is 13.7 Å². The quantitative estimate of drug-likeness (QED) is 0.439. The van der Waals surface area contributed by atoms with Crippen LogP contribution in [0.25, 0.3) is 22.0 Å². The fraction of sp³-hybridized carbons (Fsp3) is 0.190. The van der Waals surface area contributed by atoms with E-state index < -0.39 is 10.2 Å². The van der Waals surface area contributed by atoms with E-state index in [1.54, 1.807) is 23.4 Å². The average molecular weight is 396 g/mol. The van der Waals surface area contributed by atoms with E-state index in [-0.39, 0.29) is 5.75 Å². The fourth-order valence-corrected chi connectivity index (χ4v) is 3.53. The Hall–Kier alpha value is -2.90. The van der Waals surface area contributed by atoms with Crippen LogP contribution in [0.5, 0.6) is 5.75 Å². The number of ether oxygens (including phenoxy) is 1. The molecular weight excluding hydrogens is 376 g/mol. The number of aromatic nitrogens is 2. The van der Waals surface area contributed by atoms with E-state index >= 15 is 0 Å². The number of nitrogens with zero attached hydrogens (tertiary/aromatic N) is 2. The zero-order chi connectivity index (χ0) is 19.6. The highest BCUT2D eigenvalue weighted by Gasteiger charge is 2.10. The van der Waals surface area contributed by atoms with Gasteiger partial charge in [-0.25, -0.2) is 0 Å². The van der Waals surface area contributed by atoms with Crippen molar-refractivity contribution >= 4 is 21.1 Å². The number of benzene rings is 2. The summed E-state index contributed by atoms with van der Waals surface area (Å²) in [6.07, 6.45) is 6.33. The lowest BCUT2D eigenvalue weighted by molar-refractivity contribution is 0.306. The molecule has 6 nitrogen and oxygen atoms in total. The van der Waals surface area contributed by atoms with Crippen molar-refractivity contribution in [2.45, 2.75) is 13.2 Å². The van der Waals surface area contributed by atoms with Crippen molar-refractivity contribution in [2.24, 2.45) is 0 Å². The molecule has 0 fully saturated rings. The first-order chi connectivity index (χ1) is 13.5. The van der Waals surface area contributed by atoms with Crippen molar-refractivity contribution in [1.29, 1.82) is 0 Å². The Labute approximate surface area is 164 Å². The molecule has 0 spiro atoms. The van der Waals surface area contributed by atoms with Crippen LogP contribution >= 0.6 is 0 Å². The lowest BCUT2D eigenvalue weighted by atomic mass is 10.1. The van der Waals surface area contributed by atoms with Gasteiger partial charge in [0.15, 0.2) is 0 Å². The Morgan fingerprint density at radius 1 is 1.18 bits per heavy atom. The minimum Gasteiger partial charge on any atom is -0.615 e. The Bertz CT molecular complexity index is 1130. The van der Waals surface area contributed by atoms with Crippen LogP contribution in [0.1, 0.15) is 5.56 Å². The highest BCUT2D eigenvalue weighted by atomic mass is 32.3.